The lowest BCUT2D eigenvalue weighted by Gasteiger charge is -2.29. The van der Waals surface area contributed by atoms with Crippen molar-refractivity contribution in [1.29, 1.82) is 0 Å². The van der Waals surface area contributed by atoms with Crippen molar-refractivity contribution in [2.24, 2.45) is 5.92 Å². The Labute approximate surface area is 152 Å². The van der Waals surface area contributed by atoms with Crippen molar-refractivity contribution in [3.8, 4) is 5.75 Å². The summed E-state index contributed by atoms with van der Waals surface area (Å²) in [6, 6.07) is 6.89. The quantitative estimate of drug-likeness (QED) is 0.783. The molecule has 26 heavy (non-hydrogen) atoms. The van der Waals surface area contributed by atoms with Gasteiger partial charge in [0.1, 0.15) is 5.75 Å². The van der Waals surface area contributed by atoms with Crippen LogP contribution in [0.2, 0.25) is 0 Å². The van der Waals surface area contributed by atoms with Gasteiger partial charge in [0, 0.05) is 19.0 Å². The van der Waals surface area contributed by atoms with E-state index in [-0.39, 0.29) is 37.4 Å². The highest BCUT2D eigenvalue weighted by atomic mass is 16.5. The van der Waals surface area contributed by atoms with E-state index in [2.05, 4.69) is 5.32 Å². The SMILES string of the molecule is O=C(CCN1C(=O)COc2ccccc21)N[C@H]1CCCCC[C@H]1C(=O)O. The highest BCUT2D eigenvalue weighted by Crippen LogP contribution is 2.31. The fourth-order valence-corrected chi connectivity index (χ4v) is 3.67. The number of carboxylic acid groups (broad SMARTS) is 1. The monoisotopic (exact) mass is 360 g/mol. The molecule has 0 radical (unpaired) electrons. The maximum absolute atomic E-state index is 12.4. The predicted octanol–water partition coefficient (Wildman–Crippen LogP) is 1.95. The van der Waals surface area contributed by atoms with Crippen molar-refractivity contribution in [1.82, 2.24) is 5.32 Å². The summed E-state index contributed by atoms with van der Waals surface area (Å²) in [5.41, 5.74) is 0.662. The van der Waals surface area contributed by atoms with Crippen molar-refractivity contribution >= 4 is 23.5 Å². The largest absolute Gasteiger partial charge is 0.482 e. The number of aliphatic carboxylic acids is 1. The Morgan fingerprint density at radius 1 is 1.19 bits per heavy atom. The topological polar surface area (TPSA) is 95.9 Å². The van der Waals surface area contributed by atoms with E-state index in [0.29, 0.717) is 24.3 Å². The number of rotatable bonds is 5. The first-order valence-electron chi connectivity index (χ1n) is 9.10. The number of carbonyl (C=O) groups is 3. The summed E-state index contributed by atoms with van der Waals surface area (Å²) in [7, 11) is 0. The average Bonchev–Trinajstić information content (AvgIpc) is 2.86. The third kappa shape index (κ3) is 4.15. The minimum absolute atomic E-state index is 0.0393. The van der Waals surface area contributed by atoms with Crippen LogP contribution in [0.25, 0.3) is 0 Å². The van der Waals surface area contributed by atoms with Crippen LogP contribution in [0.4, 0.5) is 5.69 Å². The van der Waals surface area contributed by atoms with E-state index < -0.39 is 11.9 Å². The Morgan fingerprint density at radius 2 is 1.96 bits per heavy atom. The molecule has 140 valence electrons. The zero-order valence-corrected chi connectivity index (χ0v) is 14.6. The van der Waals surface area contributed by atoms with E-state index in [4.69, 9.17) is 4.74 Å². The summed E-state index contributed by atoms with van der Waals surface area (Å²) >= 11 is 0. The first kappa shape index (κ1) is 18.2. The molecule has 7 heteroatoms. The van der Waals surface area contributed by atoms with Gasteiger partial charge < -0.3 is 20.1 Å². The number of ether oxygens (including phenoxy) is 1. The molecule has 1 aromatic carbocycles. The number of amides is 2. The van der Waals surface area contributed by atoms with Gasteiger partial charge in [-0.3, -0.25) is 14.4 Å². The van der Waals surface area contributed by atoms with Crippen LogP contribution in [-0.4, -0.2) is 42.1 Å². The molecular formula is C19H24N2O5. The van der Waals surface area contributed by atoms with E-state index in [1.165, 1.54) is 0 Å². The number of hydrogen-bond acceptors (Lipinski definition) is 4. The molecule has 1 aliphatic heterocycles. The van der Waals surface area contributed by atoms with Gasteiger partial charge in [0.2, 0.25) is 5.91 Å². The fraction of sp³-hybridized carbons (Fsp3) is 0.526. The highest BCUT2D eigenvalue weighted by molar-refractivity contribution is 5.98. The zero-order valence-electron chi connectivity index (χ0n) is 14.6. The number of benzene rings is 1. The lowest BCUT2D eigenvalue weighted by molar-refractivity contribution is -0.143. The number of anilines is 1. The maximum Gasteiger partial charge on any atom is 0.308 e. The second-order valence-corrected chi connectivity index (χ2v) is 6.81. The summed E-state index contributed by atoms with van der Waals surface area (Å²) in [5.74, 6) is -1.17. The van der Waals surface area contributed by atoms with Gasteiger partial charge in [0.15, 0.2) is 6.61 Å². The van der Waals surface area contributed by atoms with Crippen LogP contribution in [0.15, 0.2) is 24.3 Å². The molecule has 2 aliphatic rings. The molecule has 0 unspecified atom stereocenters. The molecule has 3 rings (SSSR count). The Hall–Kier alpha value is -2.57. The molecule has 1 heterocycles. The predicted molar refractivity (Wildman–Crippen MR) is 95.0 cm³/mol. The van der Waals surface area contributed by atoms with Crippen molar-refractivity contribution in [2.75, 3.05) is 18.1 Å². The second kappa shape index (κ2) is 8.21. The lowest BCUT2D eigenvalue weighted by atomic mass is 9.95. The molecule has 1 saturated carbocycles. The summed E-state index contributed by atoms with van der Waals surface area (Å²) in [5, 5.41) is 12.3. The van der Waals surface area contributed by atoms with Gasteiger partial charge in [0.25, 0.3) is 5.91 Å². The van der Waals surface area contributed by atoms with Crippen LogP contribution in [0.3, 0.4) is 0 Å². The molecule has 0 saturated heterocycles. The zero-order chi connectivity index (χ0) is 18.5. The average molecular weight is 360 g/mol. The molecule has 1 fully saturated rings. The summed E-state index contributed by atoms with van der Waals surface area (Å²) in [6.07, 6.45) is 4.20. The Balaban J connectivity index is 1.60. The van der Waals surface area contributed by atoms with Crippen molar-refractivity contribution < 1.29 is 24.2 Å². The summed E-state index contributed by atoms with van der Waals surface area (Å²) in [4.78, 5) is 37.5. The molecule has 2 amide bonds. The first-order valence-corrected chi connectivity index (χ1v) is 9.10. The van der Waals surface area contributed by atoms with Gasteiger partial charge in [-0.15, -0.1) is 0 Å². The Bertz CT molecular complexity index is 690. The Morgan fingerprint density at radius 3 is 2.77 bits per heavy atom. The molecule has 7 nitrogen and oxygen atoms in total. The van der Waals surface area contributed by atoms with Gasteiger partial charge in [-0.25, -0.2) is 0 Å². The van der Waals surface area contributed by atoms with Crippen LogP contribution in [0.1, 0.15) is 38.5 Å². The third-order valence-corrected chi connectivity index (χ3v) is 5.05. The molecular weight excluding hydrogens is 336 g/mol. The second-order valence-electron chi connectivity index (χ2n) is 6.81. The summed E-state index contributed by atoms with van der Waals surface area (Å²) < 4.78 is 5.39. The Kier molecular flexibility index (Phi) is 5.75. The molecule has 0 aromatic heterocycles. The van der Waals surface area contributed by atoms with E-state index in [1.54, 1.807) is 17.0 Å². The van der Waals surface area contributed by atoms with E-state index >= 15 is 0 Å². The maximum atomic E-state index is 12.4. The van der Waals surface area contributed by atoms with Gasteiger partial charge >= 0.3 is 5.97 Å². The van der Waals surface area contributed by atoms with Crippen LogP contribution < -0.4 is 15.0 Å². The van der Waals surface area contributed by atoms with E-state index in [1.807, 2.05) is 12.1 Å². The number of carbonyl (C=O) groups excluding carboxylic acids is 2. The van der Waals surface area contributed by atoms with Gasteiger partial charge in [-0.05, 0) is 25.0 Å². The lowest BCUT2D eigenvalue weighted by Crippen LogP contribution is -2.45. The minimum atomic E-state index is -0.852. The highest BCUT2D eigenvalue weighted by Gasteiger charge is 2.31. The number of hydrogen-bond donors (Lipinski definition) is 2. The van der Waals surface area contributed by atoms with Crippen LogP contribution in [0.5, 0.6) is 5.75 Å². The number of carboxylic acids is 1. The van der Waals surface area contributed by atoms with E-state index in [0.717, 1.165) is 19.3 Å². The normalized spacial score (nSPS) is 22.8. The van der Waals surface area contributed by atoms with Gasteiger partial charge in [-0.2, -0.15) is 0 Å². The molecule has 2 N–H and O–H groups in total. The van der Waals surface area contributed by atoms with Crippen LogP contribution in [0, 0.1) is 5.92 Å². The number of fused-ring (bicyclic) bond motifs is 1. The minimum Gasteiger partial charge on any atom is -0.482 e. The summed E-state index contributed by atoms with van der Waals surface area (Å²) in [6.45, 7) is 0.206. The van der Waals surface area contributed by atoms with Gasteiger partial charge in [0.05, 0.1) is 11.6 Å². The fourth-order valence-electron chi connectivity index (χ4n) is 3.67. The number of nitrogens with one attached hydrogen (secondary N) is 1. The standard InChI is InChI=1S/C19H24N2O5/c22-17(20-14-7-3-1-2-6-13(14)19(24)25)10-11-21-15-8-4-5-9-16(15)26-12-18(21)23/h4-5,8-9,13-14H,1-3,6-7,10-12H2,(H,20,22)(H,24,25)/t13-,14+/m1/s1. The van der Waals surface area contributed by atoms with Crippen molar-refractivity contribution in [3.05, 3.63) is 24.3 Å². The first-order chi connectivity index (χ1) is 12.6. The van der Waals surface area contributed by atoms with Crippen LogP contribution in [-0.2, 0) is 14.4 Å². The molecule has 0 spiro atoms. The molecule has 1 aromatic rings. The molecule has 0 bridgehead atoms. The number of para-hydroxylation sites is 2. The van der Waals surface area contributed by atoms with Gasteiger partial charge in [-0.1, -0.05) is 31.4 Å². The van der Waals surface area contributed by atoms with Crippen molar-refractivity contribution in [2.45, 2.75) is 44.6 Å². The van der Waals surface area contributed by atoms with Crippen LogP contribution >= 0.6 is 0 Å². The van der Waals surface area contributed by atoms with Crippen molar-refractivity contribution in [3.63, 3.8) is 0 Å². The smallest absolute Gasteiger partial charge is 0.308 e. The third-order valence-electron chi connectivity index (χ3n) is 5.05. The number of nitrogens with zero attached hydrogens (tertiary/aromatic N) is 1. The van der Waals surface area contributed by atoms with E-state index in [9.17, 15) is 19.5 Å². The molecule has 2 atom stereocenters. The molecule has 1 aliphatic carbocycles.